The Balaban J connectivity index is 2.63. The average molecular weight is 150 g/mol. The molecule has 0 spiro atoms. The first-order valence-corrected chi connectivity index (χ1v) is 3.26. The lowest BCUT2D eigenvalue weighted by atomic mass is 10.5. The van der Waals surface area contributed by atoms with Crippen LogP contribution in [0.25, 0.3) is 0 Å². The molecular formula is C7H10N4. The maximum absolute atomic E-state index is 5.34. The molecule has 11 heavy (non-hydrogen) atoms. The summed E-state index contributed by atoms with van der Waals surface area (Å²) in [6, 6.07) is 1.75. The van der Waals surface area contributed by atoms with E-state index >= 15 is 0 Å². The molecule has 0 amide bonds. The second kappa shape index (κ2) is 3.55. The van der Waals surface area contributed by atoms with Crippen LogP contribution in [0.2, 0.25) is 0 Å². The Morgan fingerprint density at radius 1 is 1.73 bits per heavy atom. The zero-order valence-corrected chi connectivity index (χ0v) is 6.12. The Labute approximate surface area is 65.2 Å². The van der Waals surface area contributed by atoms with Crippen molar-refractivity contribution < 1.29 is 0 Å². The summed E-state index contributed by atoms with van der Waals surface area (Å²) in [4.78, 5) is 7.67. The molecule has 1 aromatic heterocycles. The van der Waals surface area contributed by atoms with Gasteiger partial charge < -0.3 is 11.1 Å². The first kappa shape index (κ1) is 7.53. The van der Waals surface area contributed by atoms with Gasteiger partial charge in [0.2, 0.25) is 5.95 Å². The van der Waals surface area contributed by atoms with E-state index in [0.29, 0.717) is 6.54 Å². The van der Waals surface area contributed by atoms with Gasteiger partial charge in [-0.1, -0.05) is 6.08 Å². The molecular weight excluding hydrogens is 140 g/mol. The molecule has 0 bridgehead atoms. The van der Waals surface area contributed by atoms with Crippen molar-refractivity contribution >= 4 is 11.8 Å². The van der Waals surface area contributed by atoms with Crippen LogP contribution >= 0.6 is 0 Å². The fraction of sp³-hybridized carbons (Fsp3) is 0.143. The largest absolute Gasteiger partial charge is 0.368 e. The smallest absolute Gasteiger partial charge is 0.221 e. The third-order valence-corrected chi connectivity index (χ3v) is 1.10. The third-order valence-electron chi connectivity index (χ3n) is 1.10. The molecule has 0 atom stereocenters. The first-order valence-electron chi connectivity index (χ1n) is 3.26. The van der Waals surface area contributed by atoms with Gasteiger partial charge in [0.05, 0.1) is 0 Å². The van der Waals surface area contributed by atoms with Crippen LogP contribution in [-0.2, 0) is 0 Å². The lowest BCUT2D eigenvalue weighted by Crippen LogP contribution is -2.02. The van der Waals surface area contributed by atoms with E-state index in [1.807, 2.05) is 0 Å². The average Bonchev–Trinajstić information content (AvgIpc) is 2.01. The SMILES string of the molecule is C=CCNc1ccnc(N)n1. The molecule has 0 aromatic carbocycles. The number of hydrogen-bond acceptors (Lipinski definition) is 4. The second-order valence-corrected chi connectivity index (χ2v) is 1.97. The highest BCUT2D eigenvalue weighted by atomic mass is 15.1. The monoisotopic (exact) mass is 150 g/mol. The highest BCUT2D eigenvalue weighted by Crippen LogP contribution is 2.01. The quantitative estimate of drug-likeness (QED) is 0.621. The summed E-state index contributed by atoms with van der Waals surface area (Å²) in [5.41, 5.74) is 5.34. The van der Waals surface area contributed by atoms with Crippen molar-refractivity contribution in [2.45, 2.75) is 0 Å². The van der Waals surface area contributed by atoms with Crippen LogP contribution in [-0.4, -0.2) is 16.5 Å². The van der Waals surface area contributed by atoms with Crippen molar-refractivity contribution in [3.8, 4) is 0 Å². The molecule has 0 radical (unpaired) electrons. The number of hydrogen-bond donors (Lipinski definition) is 2. The highest BCUT2D eigenvalue weighted by molar-refractivity contribution is 5.37. The van der Waals surface area contributed by atoms with Gasteiger partial charge in [-0.25, -0.2) is 4.98 Å². The molecule has 0 saturated carbocycles. The molecule has 0 aliphatic rings. The molecule has 0 aliphatic carbocycles. The number of rotatable bonds is 3. The Morgan fingerprint density at radius 3 is 3.18 bits per heavy atom. The fourth-order valence-electron chi connectivity index (χ4n) is 0.649. The predicted molar refractivity (Wildman–Crippen MR) is 45.1 cm³/mol. The van der Waals surface area contributed by atoms with Gasteiger partial charge >= 0.3 is 0 Å². The summed E-state index contributed by atoms with van der Waals surface area (Å²) in [5.74, 6) is 0.997. The first-order chi connectivity index (χ1) is 5.33. The van der Waals surface area contributed by atoms with E-state index in [1.165, 1.54) is 0 Å². The van der Waals surface area contributed by atoms with Gasteiger partial charge in [0.25, 0.3) is 0 Å². The summed E-state index contributed by atoms with van der Waals surface area (Å²) in [6.07, 6.45) is 3.35. The van der Waals surface area contributed by atoms with Crippen molar-refractivity contribution in [2.75, 3.05) is 17.6 Å². The predicted octanol–water partition coefficient (Wildman–Crippen LogP) is 0.657. The Kier molecular flexibility index (Phi) is 2.43. The lowest BCUT2D eigenvalue weighted by molar-refractivity contribution is 1.16. The van der Waals surface area contributed by atoms with Gasteiger partial charge in [-0.2, -0.15) is 4.98 Å². The molecule has 1 aromatic rings. The fourth-order valence-corrected chi connectivity index (χ4v) is 0.649. The molecule has 1 heterocycles. The summed E-state index contributed by atoms with van der Waals surface area (Å²) in [7, 11) is 0. The molecule has 0 aliphatic heterocycles. The van der Waals surface area contributed by atoms with E-state index in [2.05, 4.69) is 21.9 Å². The van der Waals surface area contributed by atoms with Gasteiger partial charge in [0, 0.05) is 12.7 Å². The third kappa shape index (κ3) is 2.25. The number of nitrogen functional groups attached to an aromatic ring is 1. The molecule has 1 rings (SSSR count). The van der Waals surface area contributed by atoms with Gasteiger partial charge in [0.1, 0.15) is 5.82 Å². The molecule has 0 saturated heterocycles. The number of nitrogens with one attached hydrogen (secondary N) is 1. The minimum Gasteiger partial charge on any atom is -0.368 e. The zero-order valence-electron chi connectivity index (χ0n) is 6.12. The van der Waals surface area contributed by atoms with Gasteiger partial charge in [-0.05, 0) is 6.07 Å². The minimum absolute atomic E-state index is 0.277. The number of nitrogens with zero attached hydrogens (tertiary/aromatic N) is 2. The Hall–Kier alpha value is -1.58. The highest BCUT2D eigenvalue weighted by Gasteiger charge is 1.90. The van der Waals surface area contributed by atoms with Crippen LogP contribution in [0.15, 0.2) is 24.9 Å². The number of nitrogens with two attached hydrogens (primary N) is 1. The molecule has 0 unspecified atom stereocenters. The molecule has 58 valence electrons. The topological polar surface area (TPSA) is 63.8 Å². The van der Waals surface area contributed by atoms with Crippen LogP contribution in [0.3, 0.4) is 0 Å². The van der Waals surface area contributed by atoms with E-state index < -0.39 is 0 Å². The molecule has 3 N–H and O–H groups in total. The number of anilines is 2. The van der Waals surface area contributed by atoms with Crippen LogP contribution in [0, 0.1) is 0 Å². The normalized spacial score (nSPS) is 9.09. The van der Waals surface area contributed by atoms with E-state index in [0.717, 1.165) is 5.82 Å². The van der Waals surface area contributed by atoms with Gasteiger partial charge in [-0.3, -0.25) is 0 Å². The Morgan fingerprint density at radius 2 is 2.55 bits per heavy atom. The van der Waals surface area contributed by atoms with Crippen molar-refractivity contribution in [3.05, 3.63) is 24.9 Å². The van der Waals surface area contributed by atoms with E-state index in [-0.39, 0.29) is 5.95 Å². The van der Waals surface area contributed by atoms with Crippen LogP contribution < -0.4 is 11.1 Å². The second-order valence-electron chi connectivity index (χ2n) is 1.97. The zero-order chi connectivity index (χ0) is 8.10. The molecule has 4 heteroatoms. The summed E-state index contributed by atoms with van der Waals surface area (Å²) >= 11 is 0. The summed E-state index contributed by atoms with van der Waals surface area (Å²) < 4.78 is 0. The van der Waals surface area contributed by atoms with E-state index in [4.69, 9.17) is 5.73 Å². The standard InChI is InChI=1S/C7H10N4/c1-2-4-9-6-3-5-10-7(8)11-6/h2-3,5H,1,4H2,(H3,8,9,10,11). The number of aromatic nitrogens is 2. The minimum atomic E-state index is 0.277. The maximum Gasteiger partial charge on any atom is 0.221 e. The summed E-state index contributed by atoms with van der Waals surface area (Å²) in [6.45, 7) is 4.24. The van der Waals surface area contributed by atoms with Crippen molar-refractivity contribution in [1.29, 1.82) is 0 Å². The molecule has 0 fully saturated rings. The van der Waals surface area contributed by atoms with E-state index in [9.17, 15) is 0 Å². The maximum atomic E-state index is 5.34. The van der Waals surface area contributed by atoms with Gasteiger partial charge in [0.15, 0.2) is 0 Å². The van der Waals surface area contributed by atoms with Crippen LogP contribution in [0.1, 0.15) is 0 Å². The van der Waals surface area contributed by atoms with Crippen LogP contribution in [0.4, 0.5) is 11.8 Å². The van der Waals surface area contributed by atoms with Crippen LogP contribution in [0.5, 0.6) is 0 Å². The van der Waals surface area contributed by atoms with Crippen molar-refractivity contribution in [1.82, 2.24) is 9.97 Å². The van der Waals surface area contributed by atoms with Crippen molar-refractivity contribution in [2.24, 2.45) is 0 Å². The van der Waals surface area contributed by atoms with Gasteiger partial charge in [-0.15, -0.1) is 6.58 Å². The lowest BCUT2D eigenvalue weighted by Gasteiger charge is -2.00. The summed E-state index contributed by atoms with van der Waals surface area (Å²) in [5, 5.41) is 2.99. The molecule has 4 nitrogen and oxygen atoms in total. The van der Waals surface area contributed by atoms with E-state index in [1.54, 1.807) is 18.3 Å². The Bertz CT molecular complexity index is 246. The van der Waals surface area contributed by atoms with Crippen molar-refractivity contribution in [3.63, 3.8) is 0 Å².